The zero-order valence-electron chi connectivity index (χ0n) is 21.1. The molecule has 36 heavy (non-hydrogen) atoms. The number of fused-ring (bicyclic) bond motifs is 1. The smallest absolute Gasteiger partial charge is 0.274 e. The fourth-order valence-corrected chi connectivity index (χ4v) is 5.32. The van der Waals surface area contributed by atoms with E-state index in [0.29, 0.717) is 31.6 Å². The van der Waals surface area contributed by atoms with Gasteiger partial charge in [0.15, 0.2) is 5.69 Å². The molecular weight excluding hydrogens is 452 g/mol. The molecule has 0 saturated carbocycles. The Hall–Kier alpha value is -3.16. The summed E-state index contributed by atoms with van der Waals surface area (Å²) in [7, 11) is 1.68. The summed E-state index contributed by atoms with van der Waals surface area (Å²) in [4.78, 5) is 17.8. The van der Waals surface area contributed by atoms with Crippen molar-refractivity contribution < 1.29 is 14.6 Å². The Balaban J connectivity index is 1.34. The second kappa shape index (κ2) is 11.3. The van der Waals surface area contributed by atoms with Crippen molar-refractivity contribution >= 4 is 5.91 Å². The molecule has 0 atom stereocenters. The quantitative estimate of drug-likeness (QED) is 0.524. The second-order valence-electron chi connectivity index (χ2n) is 9.92. The number of hydrogen-bond acceptors (Lipinski definition) is 5. The zero-order chi connectivity index (χ0) is 24.9. The minimum absolute atomic E-state index is 0.00579. The highest BCUT2D eigenvalue weighted by molar-refractivity contribution is 5.94. The number of amides is 1. The van der Waals surface area contributed by atoms with E-state index in [0.717, 1.165) is 56.8 Å². The van der Waals surface area contributed by atoms with Gasteiger partial charge in [-0.15, -0.1) is 0 Å². The van der Waals surface area contributed by atoms with E-state index in [-0.39, 0.29) is 12.0 Å². The molecule has 3 heterocycles. The molecule has 2 aliphatic rings. The number of methoxy groups -OCH3 is 1. The predicted octanol–water partition coefficient (Wildman–Crippen LogP) is 3.68. The maximum Gasteiger partial charge on any atom is 0.274 e. The van der Waals surface area contributed by atoms with Gasteiger partial charge in [0, 0.05) is 56.9 Å². The molecule has 0 spiro atoms. The molecule has 1 amide bonds. The number of aryl methyl sites for hydroxylation is 2. The molecule has 7 heteroatoms. The molecule has 1 aromatic heterocycles. The average Bonchev–Trinajstić information content (AvgIpc) is 3.27. The van der Waals surface area contributed by atoms with Gasteiger partial charge >= 0.3 is 0 Å². The Labute approximate surface area is 213 Å². The number of nitrogens with zero attached hydrogens (tertiary/aromatic N) is 4. The minimum atomic E-state index is -0.307. The van der Waals surface area contributed by atoms with E-state index in [4.69, 9.17) is 9.84 Å². The van der Waals surface area contributed by atoms with Crippen molar-refractivity contribution in [2.24, 2.45) is 0 Å². The van der Waals surface area contributed by atoms with E-state index >= 15 is 0 Å². The number of benzene rings is 2. The molecule has 0 bridgehead atoms. The van der Waals surface area contributed by atoms with E-state index in [1.165, 1.54) is 16.8 Å². The van der Waals surface area contributed by atoms with Crippen LogP contribution in [0.5, 0.6) is 5.75 Å². The van der Waals surface area contributed by atoms with Gasteiger partial charge in [0.2, 0.25) is 0 Å². The third-order valence-electron chi connectivity index (χ3n) is 7.41. The van der Waals surface area contributed by atoms with Gasteiger partial charge in [-0.1, -0.05) is 42.5 Å². The van der Waals surface area contributed by atoms with Crippen molar-refractivity contribution in [3.8, 4) is 5.75 Å². The average molecular weight is 489 g/mol. The standard InChI is InChI=1S/C29H36N4O3/c1-36-25-11-9-23(10-12-25)20-31-17-15-27-26(21-31)28(29(35)32-18-13-24(34)14-19-32)30-33(27)16-5-8-22-6-3-2-4-7-22/h2-4,6-7,9-12,24,34H,5,8,13-21H2,1H3. The van der Waals surface area contributed by atoms with E-state index in [9.17, 15) is 9.90 Å². The first-order chi connectivity index (χ1) is 17.6. The zero-order valence-corrected chi connectivity index (χ0v) is 21.1. The first-order valence-electron chi connectivity index (χ1n) is 13.1. The number of carbonyl (C=O) groups excluding carboxylic acids is 1. The molecule has 3 aromatic rings. The van der Waals surface area contributed by atoms with Crippen LogP contribution in [0.3, 0.4) is 0 Å². The van der Waals surface area contributed by atoms with Crippen LogP contribution in [0.2, 0.25) is 0 Å². The summed E-state index contributed by atoms with van der Waals surface area (Å²) in [5, 5.41) is 14.8. The van der Waals surface area contributed by atoms with Crippen LogP contribution in [0.4, 0.5) is 0 Å². The molecule has 1 fully saturated rings. The second-order valence-corrected chi connectivity index (χ2v) is 9.92. The molecule has 0 unspecified atom stereocenters. The molecule has 2 aromatic carbocycles. The summed E-state index contributed by atoms with van der Waals surface area (Å²) in [6, 6.07) is 18.7. The van der Waals surface area contributed by atoms with E-state index in [1.807, 2.05) is 23.1 Å². The maximum absolute atomic E-state index is 13.6. The predicted molar refractivity (Wildman–Crippen MR) is 139 cm³/mol. The largest absolute Gasteiger partial charge is 0.497 e. The lowest BCUT2D eigenvalue weighted by Crippen LogP contribution is -2.41. The van der Waals surface area contributed by atoms with Crippen LogP contribution in [-0.2, 0) is 32.5 Å². The minimum Gasteiger partial charge on any atom is -0.497 e. The van der Waals surface area contributed by atoms with Crippen molar-refractivity contribution in [2.45, 2.75) is 57.8 Å². The first kappa shape index (κ1) is 24.5. The summed E-state index contributed by atoms with van der Waals surface area (Å²) < 4.78 is 7.38. The molecule has 1 N–H and O–H groups in total. The number of ether oxygens (including phenoxy) is 1. The van der Waals surface area contributed by atoms with Crippen molar-refractivity contribution in [3.63, 3.8) is 0 Å². The van der Waals surface area contributed by atoms with Crippen LogP contribution in [0.1, 0.15) is 52.1 Å². The first-order valence-corrected chi connectivity index (χ1v) is 13.1. The van der Waals surface area contributed by atoms with Crippen molar-refractivity contribution in [2.75, 3.05) is 26.7 Å². The Morgan fingerprint density at radius 3 is 2.50 bits per heavy atom. The van der Waals surface area contributed by atoms with Gasteiger partial charge in [-0.2, -0.15) is 5.10 Å². The number of aliphatic hydroxyl groups excluding tert-OH is 1. The van der Waals surface area contributed by atoms with Crippen molar-refractivity contribution in [1.82, 2.24) is 19.6 Å². The van der Waals surface area contributed by atoms with Gasteiger partial charge in [-0.25, -0.2) is 0 Å². The monoisotopic (exact) mass is 488 g/mol. The Bertz CT molecular complexity index is 1150. The molecule has 7 nitrogen and oxygen atoms in total. The van der Waals surface area contributed by atoms with Crippen LogP contribution in [-0.4, -0.2) is 63.4 Å². The Morgan fingerprint density at radius 1 is 1.03 bits per heavy atom. The summed E-state index contributed by atoms with van der Waals surface area (Å²) in [5.74, 6) is 0.863. The summed E-state index contributed by atoms with van der Waals surface area (Å²) in [5.41, 5.74) is 5.43. The van der Waals surface area contributed by atoms with E-state index in [1.54, 1.807) is 7.11 Å². The molecular formula is C29H36N4O3. The summed E-state index contributed by atoms with van der Waals surface area (Å²) in [6.45, 7) is 4.47. The van der Waals surface area contributed by atoms with Crippen molar-refractivity contribution in [3.05, 3.63) is 82.7 Å². The number of hydrogen-bond donors (Lipinski definition) is 1. The SMILES string of the molecule is COc1ccc(CN2CCc3c(c(C(=O)N4CCC(O)CC4)nn3CCCc3ccccc3)C2)cc1. The maximum atomic E-state index is 13.6. The molecule has 0 aliphatic carbocycles. The van der Waals surface area contributed by atoms with Crippen LogP contribution < -0.4 is 4.74 Å². The normalized spacial score (nSPS) is 16.7. The van der Waals surface area contributed by atoms with Gasteiger partial charge in [0.05, 0.1) is 13.2 Å². The highest BCUT2D eigenvalue weighted by Crippen LogP contribution is 2.27. The number of aliphatic hydroxyl groups is 1. The number of aromatic nitrogens is 2. The van der Waals surface area contributed by atoms with Crippen LogP contribution in [0.25, 0.3) is 0 Å². The number of rotatable bonds is 8. The molecule has 1 saturated heterocycles. The lowest BCUT2D eigenvalue weighted by Gasteiger charge is -2.30. The lowest BCUT2D eigenvalue weighted by molar-refractivity contribution is 0.0538. The summed E-state index contributed by atoms with van der Waals surface area (Å²) >= 11 is 0. The van der Waals surface area contributed by atoms with Crippen molar-refractivity contribution in [1.29, 1.82) is 0 Å². The van der Waals surface area contributed by atoms with Crippen LogP contribution >= 0.6 is 0 Å². The highest BCUT2D eigenvalue weighted by Gasteiger charge is 2.31. The van der Waals surface area contributed by atoms with Gasteiger partial charge in [0.1, 0.15) is 5.75 Å². The fourth-order valence-electron chi connectivity index (χ4n) is 5.32. The molecule has 190 valence electrons. The van der Waals surface area contributed by atoms with E-state index in [2.05, 4.69) is 46.0 Å². The number of carbonyl (C=O) groups is 1. The van der Waals surface area contributed by atoms with Gasteiger partial charge < -0.3 is 14.7 Å². The third kappa shape index (κ3) is 5.63. The van der Waals surface area contributed by atoms with Gasteiger partial charge in [-0.05, 0) is 48.9 Å². The highest BCUT2D eigenvalue weighted by atomic mass is 16.5. The Morgan fingerprint density at radius 2 is 1.78 bits per heavy atom. The van der Waals surface area contributed by atoms with Gasteiger partial charge in [0.25, 0.3) is 5.91 Å². The topological polar surface area (TPSA) is 70.8 Å². The Kier molecular flexibility index (Phi) is 7.68. The molecule has 0 radical (unpaired) electrons. The molecule has 5 rings (SSSR count). The molecule has 2 aliphatic heterocycles. The van der Waals surface area contributed by atoms with Gasteiger partial charge in [-0.3, -0.25) is 14.4 Å². The fraction of sp³-hybridized carbons (Fsp3) is 0.448. The van der Waals surface area contributed by atoms with Crippen LogP contribution in [0, 0.1) is 0 Å². The lowest BCUT2D eigenvalue weighted by atomic mass is 10.0. The summed E-state index contributed by atoms with van der Waals surface area (Å²) in [6.07, 6.45) is 3.82. The number of piperidine rings is 1. The van der Waals surface area contributed by atoms with Crippen LogP contribution in [0.15, 0.2) is 54.6 Å². The van der Waals surface area contributed by atoms with E-state index < -0.39 is 0 Å². The third-order valence-corrected chi connectivity index (χ3v) is 7.41. The number of likely N-dealkylation sites (tertiary alicyclic amines) is 1.